The number of nitrogens with zero attached hydrogens (tertiary/aromatic N) is 5. The van der Waals surface area contributed by atoms with Crippen molar-refractivity contribution in [2.24, 2.45) is 13.0 Å². The van der Waals surface area contributed by atoms with E-state index in [0.29, 0.717) is 29.2 Å². The molecule has 1 unspecified atom stereocenters. The fourth-order valence-electron chi connectivity index (χ4n) is 5.05. The molecule has 45 heavy (non-hydrogen) atoms. The lowest BCUT2D eigenvalue weighted by atomic mass is 10.0. The molecule has 1 aliphatic rings. The Kier molecular flexibility index (Phi) is 10.7. The van der Waals surface area contributed by atoms with E-state index in [-0.39, 0.29) is 29.3 Å². The summed E-state index contributed by atoms with van der Waals surface area (Å²) in [5, 5.41) is 5.78. The van der Waals surface area contributed by atoms with Crippen LogP contribution in [0.2, 0.25) is 0 Å². The van der Waals surface area contributed by atoms with Crippen molar-refractivity contribution in [3.8, 4) is 5.69 Å². The van der Waals surface area contributed by atoms with Gasteiger partial charge in [0.25, 0.3) is 17.4 Å². The van der Waals surface area contributed by atoms with E-state index in [1.165, 1.54) is 10.0 Å². The van der Waals surface area contributed by atoms with Crippen LogP contribution in [-0.4, -0.2) is 52.1 Å². The van der Waals surface area contributed by atoms with Crippen LogP contribution in [0.15, 0.2) is 95.8 Å². The number of benzene rings is 3. The van der Waals surface area contributed by atoms with Crippen LogP contribution < -0.4 is 20.9 Å². The summed E-state index contributed by atoms with van der Waals surface area (Å²) in [5.74, 6) is -1.07. The summed E-state index contributed by atoms with van der Waals surface area (Å²) in [5.41, 5.74) is 3.00. The van der Waals surface area contributed by atoms with E-state index in [4.69, 9.17) is 0 Å². The second kappa shape index (κ2) is 14.7. The zero-order chi connectivity index (χ0) is 32.7. The van der Waals surface area contributed by atoms with Gasteiger partial charge < -0.3 is 5.32 Å². The van der Waals surface area contributed by atoms with Crippen molar-refractivity contribution >= 4 is 34.8 Å². The molecule has 0 spiro atoms. The molecular formula is C35H42N6O4. The summed E-state index contributed by atoms with van der Waals surface area (Å²) in [7, 11) is 5.45. The molecule has 3 aromatic carbocycles. The summed E-state index contributed by atoms with van der Waals surface area (Å²) in [6.45, 7) is 5.67. The molecule has 4 aromatic rings. The second-order valence-electron chi connectivity index (χ2n) is 11.2. The van der Waals surface area contributed by atoms with Crippen molar-refractivity contribution in [1.29, 1.82) is 0 Å². The number of amides is 3. The molecule has 0 radical (unpaired) electrons. The smallest absolute Gasteiger partial charge is 0.295 e. The molecule has 0 bridgehead atoms. The maximum atomic E-state index is 12.9. The van der Waals surface area contributed by atoms with Crippen molar-refractivity contribution < 1.29 is 14.4 Å². The summed E-state index contributed by atoms with van der Waals surface area (Å²) in [6, 6.07) is 27.7. The summed E-state index contributed by atoms with van der Waals surface area (Å²) in [6.07, 6.45) is 2.43. The Morgan fingerprint density at radius 3 is 1.67 bits per heavy atom. The van der Waals surface area contributed by atoms with Gasteiger partial charge in [-0.2, -0.15) is 0 Å². The molecule has 1 fully saturated rings. The normalized spacial score (nSPS) is 14.0. The Bertz CT molecular complexity index is 1610. The van der Waals surface area contributed by atoms with E-state index in [1.807, 2.05) is 112 Å². The first-order valence-electron chi connectivity index (χ1n) is 15.2. The molecule has 0 saturated carbocycles. The number of anilines is 3. The first kappa shape index (κ1) is 32.9. The van der Waals surface area contributed by atoms with E-state index in [2.05, 4.69) is 12.2 Å². The number of carbonyl (C=O) groups excluding carboxylic acids is 3. The zero-order valence-electron chi connectivity index (χ0n) is 26.8. The highest BCUT2D eigenvalue weighted by atomic mass is 16.2. The molecule has 10 nitrogen and oxygen atoms in total. The van der Waals surface area contributed by atoms with Gasteiger partial charge >= 0.3 is 0 Å². The molecule has 1 N–H and O–H groups in total. The molecule has 1 aromatic heterocycles. The minimum atomic E-state index is -0.588. The van der Waals surface area contributed by atoms with Gasteiger partial charge in [0.2, 0.25) is 5.91 Å². The van der Waals surface area contributed by atoms with E-state index >= 15 is 0 Å². The van der Waals surface area contributed by atoms with Gasteiger partial charge in [0.05, 0.1) is 28.8 Å². The van der Waals surface area contributed by atoms with Crippen LogP contribution in [0.4, 0.5) is 17.1 Å². The van der Waals surface area contributed by atoms with Crippen molar-refractivity contribution in [2.75, 3.05) is 29.4 Å². The number of rotatable bonds is 9. The van der Waals surface area contributed by atoms with Gasteiger partial charge in [-0.1, -0.05) is 74.4 Å². The number of hydrazine groups is 1. The van der Waals surface area contributed by atoms with Crippen molar-refractivity contribution in [2.45, 2.75) is 46.1 Å². The van der Waals surface area contributed by atoms with Crippen molar-refractivity contribution in [3.63, 3.8) is 0 Å². The van der Waals surface area contributed by atoms with Gasteiger partial charge in [-0.25, -0.2) is 14.7 Å². The first-order valence-corrected chi connectivity index (χ1v) is 15.2. The van der Waals surface area contributed by atoms with Crippen LogP contribution in [0.25, 0.3) is 5.69 Å². The van der Waals surface area contributed by atoms with Crippen molar-refractivity contribution in [3.05, 3.63) is 107 Å². The van der Waals surface area contributed by atoms with E-state index in [1.54, 1.807) is 28.2 Å². The molecule has 10 heteroatoms. The number of carbonyl (C=O) groups is 3. The largest absolute Gasteiger partial charge is 0.319 e. The number of nitrogens with one attached hydrogen (secondary N) is 1. The summed E-state index contributed by atoms with van der Waals surface area (Å²) >= 11 is 0. The highest BCUT2D eigenvalue weighted by molar-refractivity contribution is 6.23. The van der Waals surface area contributed by atoms with Gasteiger partial charge in [0, 0.05) is 7.05 Å². The Balaban J connectivity index is 0.000000205. The third-order valence-corrected chi connectivity index (χ3v) is 8.02. The highest BCUT2D eigenvalue weighted by Gasteiger charge is 2.46. The molecule has 5 rings (SSSR count). The van der Waals surface area contributed by atoms with Crippen LogP contribution in [0.1, 0.15) is 38.8 Å². The third kappa shape index (κ3) is 7.07. The average molecular weight is 611 g/mol. The maximum Gasteiger partial charge on any atom is 0.295 e. The standard InChI is InChI=1S/C19H20N2O2.C16H22N4O2/c1-2-3-14-17-18(22)20(15-10-6-4-7-11-15)21(19(17)23)16-12-8-5-9-13-16;1-11-14(17-15(21)12(2)18(3)4)16(22)20(19(11)5)13-9-7-6-8-10-13/h4-13,17H,2-3,14H2,1H3;6-10,12H,1-5H3,(H,17,21). The van der Waals surface area contributed by atoms with Gasteiger partial charge in [-0.05, 0) is 70.8 Å². The summed E-state index contributed by atoms with van der Waals surface area (Å²) < 4.78 is 3.29. The molecule has 2 heterocycles. The van der Waals surface area contributed by atoms with Crippen LogP contribution >= 0.6 is 0 Å². The molecule has 236 valence electrons. The van der Waals surface area contributed by atoms with Gasteiger partial charge in [0.1, 0.15) is 11.6 Å². The van der Waals surface area contributed by atoms with E-state index < -0.39 is 5.92 Å². The van der Waals surface area contributed by atoms with Crippen LogP contribution in [0.3, 0.4) is 0 Å². The quantitative estimate of drug-likeness (QED) is 0.264. The minimum absolute atomic E-state index is 0.140. The molecule has 0 aliphatic carbocycles. The number of likely N-dealkylation sites (N-methyl/N-ethyl adjacent to an activating group) is 1. The van der Waals surface area contributed by atoms with Crippen LogP contribution in [-0.2, 0) is 21.4 Å². The fourth-order valence-corrected chi connectivity index (χ4v) is 5.05. The second-order valence-corrected chi connectivity index (χ2v) is 11.2. The monoisotopic (exact) mass is 610 g/mol. The molecule has 3 amide bonds. The number of hydrogen-bond donors (Lipinski definition) is 1. The Labute approximate surface area is 264 Å². The third-order valence-electron chi connectivity index (χ3n) is 8.02. The Hall–Kier alpha value is -4.96. The zero-order valence-corrected chi connectivity index (χ0v) is 26.8. The van der Waals surface area contributed by atoms with Crippen LogP contribution in [0, 0.1) is 12.8 Å². The predicted octanol–water partition coefficient (Wildman–Crippen LogP) is 5.16. The van der Waals surface area contributed by atoms with Gasteiger partial charge in [-0.3, -0.25) is 28.8 Å². The molecule has 1 aliphatic heterocycles. The highest BCUT2D eigenvalue weighted by Crippen LogP contribution is 2.33. The fraction of sp³-hybridized carbons (Fsp3) is 0.314. The first-order chi connectivity index (χ1) is 21.6. The summed E-state index contributed by atoms with van der Waals surface area (Å²) in [4.78, 5) is 52.4. The number of para-hydroxylation sites is 3. The molecule has 1 saturated heterocycles. The molecule has 1 atom stereocenters. The average Bonchev–Trinajstić information content (AvgIpc) is 3.43. The van der Waals surface area contributed by atoms with Crippen LogP contribution in [0.5, 0.6) is 0 Å². The Morgan fingerprint density at radius 1 is 0.800 bits per heavy atom. The lowest BCUT2D eigenvalue weighted by Gasteiger charge is -2.27. The minimum Gasteiger partial charge on any atom is -0.319 e. The number of hydrogen-bond acceptors (Lipinski definition) is 5. The number of unbranched alkanes of at least 4 members (excludes halogenated alkanes) is 1. The lowest BCUT2D eigenvalue weighted by molar-refractivity contribution is -0.127. The number of aromatic nitrogens is 2. The predicted molar refractivity (Wildman–Crippen MR) is 178 cm³/mol. The molecular weight excluding hydrogens is 568 g/mol. The van der Waals surface area contributed by atoms with Gasteiger partial charge in [-0.15, -0.1) is 0 Å². The SMILES string of the molecule is CCCCC1C(=O)N(c2ccccc2)N(c2ccccc2)C1=O.Cc1c(NC(=O)C(C)N(C)C)c(=O)n(-c2ccccc2)n1C. The van der Waals surface area contributed by atoms with E-state index in [0.717, 1.165) is 18.5 Å². The maximum absolute atomic E-state index is 12.9. The topological polar surface area (TPSA) is 99.9 Å². The van der Waals surface area contributed by atoms with Crippen molar-refractivity contribution in [1.82, 2.24) is 14.3 Å². The Morgan fingerprint density at radius 2 is 1.24 bits per heavy atom. The van der Waals surface area contributed by atoms with Gasteiger partial charge in [0.15, 0.2) is 0 Å². The van der Waals surface area contributed by atoms with E-state index in [9.17, 15) is 19.2 Å². The lowest BCUT2D eigenvalue weighted by Crippen LogP contribution is -2.41.